The van der Waals surface area contributed by atoms with Crippen LogP contribution in [0.15, 0.2) is 30.3 Å². The number of carbonyl (C=O) groups excluding carboxylic acids is 1. The topological polar surface area (TPSA) is 72.7 Å². The van der Waals surface area contributed by atoms with E-state index in [1.54, 1.807) is 22.9 Å². The van der Waals surface area contributed by atoms with Gasteiger partial charge in [-0.1, -0.05) is 23.5 Å². The van der Waals surface area contributed by atoms with Crippen LogP contribution in [0.25, 0.3) is 6.08 Å². The predicted molar refractivity (Wildman–Crippen MR) is 99.5 cm³/mol. The van der Waals surface area contributed by atoms with E-state index in [9.17, 15) is 9.18 Å². The maximum Gasteiger partial charge on any atom is 0.250 e. The molecule has 0 aliphatic heterocycles. The molecule has 26 heavy (non-hydrogen) atoms. The van der Waals surface area contributed by atoms with E-state index in [1.807, 2.05) is 20.9 Å². The summed E-state index contributed by atoms with van der Waals surface area (Å²) in [5.74, 6) is -0.554. The van der Waals surface area contributed by atoms with E-state index in [0.29, 0.717) is 11.6 Å². The van der Waals surface area contributed by atoms with Gasteiger partial charge in [0.15, 0.2) is 0 Å². The second-order valence-electron chi connectivity index (χ2n) is 5.83. The lowest BCUT2D eigenvalue weighted by atomic mass is 10.2. The Kier molecular flexibility index (Phi) is 5.22. The molecule has 0 aliphatic carbocycles. The van der Waals surface area contributed by atoms with Crippen molar-refractivity contribution in [1.29, 1.82) is 0 Å². The number of nitrogens with zero attached hydrogens (tertiary/aromatic N) is 4. The Balaban J connectivity index is 1.62. The van der Waals surface area contributed by atoms with Gasteiger partial charge in [0.1, 0.15) is 10.8 Å². The van der Waals surface area contributed by atoms with Gasteiger partial charge in [-0.05, 0) is 37.6 Å². The normalized spacial score (nSPS) is 11.2. The predicted octanol–water partition coefficient (Wildman–Crippen LogP) is 3.27. The zero-order valence-electron chi connectivity index (χ0n) is 14.7. The number of amides is 1. The van der Waals surface area contributed by atoms with Crippen molar-refractivity contribution >= 4 is 28.5 Å². The van der Waals surface area contributed by atoms with Crippen LogP contribution >= 0.6 is 11.3 Å². The summed E-state index contributed by atoms with van der Waals surface area (Å²) in [6.45, 7) is 3.85. The van der Waals surface area contributed by atoms with Gasteiger partial charge in [-0.3, -0.25) is 14.8 Å². The highest BCUT2D eigenvalue weighted by atomic mass is 32.1. The van der Waals surface area contributed by atoms with Gasteiger partial charge in [0.2, 0.25) is 11.0 Å². The number of hydrogen-bond donors (Lipinski definition) is 1. The number of hydrogen-bond acceptors (Lipinski definition) is 5. The standard InChI is InChI=1S/C18H18FN5OS/c1-11-15(12(2)24(3)23-11)8-9-16(25)20-18-22-21-17(26-18)10-13-4-6-14(19)7-5-13/h4-9H,10H2,1-3H3,(H,20,22,25). The molecular weight excluding hydrogens is 353 g/mol. The van der Waals surface area contributed by atoms with Crippen LogP contribution in [0.5, 0.6) is 0 Å². The zero-order chi connectivity index (χ0) is 18.7. The number of anilines is 1. The van der Waals surface area contributed by atoms with Crippen LogP contribution in [0.2, 0.25) is 0 Å². The maximum atomic E-state index is 12.9. The van der Waals surface area contributed by atoms with Crippen LogP contribution in [0, 0.1) is 19.7 Å². The molecule has 1 N–H and O–H groups in total. The number of aryl methyl sites for hydroxylation is 2. The molecule has 0 saturated heterocycles. The number of benzene rings is 1. The molecule has 134 valence electrons. The van der Waals surface area contributed by atoms with Crippen LogP contribution in [-0.2, 0) is 18.3 Å². The fourth-order valence-corrected chi connectivity index (χ4v) is 3.27. The molecular formula is C18H18FN5OS. The van der Waals surface area contributed by atoms with E-state index in [0.717, 1.165) is 27.5 Å². The lowest BCUT2D eigenvalue weighted by molar-refractivity contribution is -0.111. The second kappa shape index (κ2) is 7.57. The average Bonchev–Trinajstić information content (AvgIpc) is 3.12. The molecule has 2 heterocycles. The van der Waals surface area contributed by atoms with Crippen molar-refractivity contribution in [1.82, 2.24) is 20.0 Å². The van der Waals surface area contributed by atoms with E-state index in [4.69, 9.17) is 0 Å². The monoisotopic (exact) mass is 371 g/mol. The number of carbonyl (C=O) groups is 1. The van der Waals surface area contributed by atoms with Gasteiger partial charge >= 0.3 is 0 Å². The molecule has 3 rings (SSSR count). The maximum absolute atomic E-state index is 12.9. The number of halogens is 1. The summed E-state index contributed by atoms with van der Waals surface area (Å²) in [7, 11) is 1.86. The second-order valence-corrected chi connectivity index (χ2v) is 6.90. The van der Waals surface area contributed by atoms with Gasteiger partial charge in [-0.15, -0.1) is 10.2 Å². The molecule has 0 unspecified atom stereocenters. The lowest BCUT2D eigenvalue weighted by Crippen LogP contribution is -2.07. The molecule has 2 aromatic heterocycles. The van der Waals surface area contributed by atoms with Gasteiger partial charge in [-0.25, -0.2) is 4.39 Å². The smallest absolute Gasteiger partial charge is 0.250 e. The van der Waals surface area contributed by atoms with Gasteiger partial charge < -0.3 is 0 Å². The molecule has 0 radical (unpaired) electrons. The fraction of sp³-hybridized carbons (Fsp3) is 0.222. The van der Waals surface area contributed by atoms with Gasteiger partial charge in [0, 0.05) is 30.8 Å². The van der Waals surface area contributed by atoms with Crippen molar-refractivity contribution in [2.45, 2.75) is 20.3 Å². The first-order valence-electron chi connectivity index (χ1n) is 7.98. The summed E-state index contributed by atoms with van der Waals surface area (Å²) < 4.78 is 14.7. The van der Waals surface area contributed by atoms with Crippen LogP contribution < -0.4 is 5.32 Å². The molecule has 0 spiro atoms. The summed E-state index contributed by atoms with van der Waals surface area (Å²) in [6.07, 6.45) is 3.74. The molecule has 3 aromatic rings. The van der Waals surface area contributed by atoms with Crippen molar-refractivity contribution in [3.05, 3.63) is 63.7 Å². The summed E-state index contributed by atoms with van der Waals surface area (Å²) >= 11 is 1.29. The molecule has 8 heteroatoms. The quantitative estimate of drug-likeness (QED) is 0.699. The minimum absolute atomic E-state index is 0.273. The summed E-state index contributed by atoms with van der Waals surface area (Å²) in [6, 6.07) is 6.23. The number of nitrogens with one attached hydrogen (secondary N) is 1. The fourth-order valence-electron chi connectivity index (χ4n) is 2.49. The van der Waals surface area contributed by atoms with E-state index < -0.39 is 0 Å². The SMILES string of the molecule is Cc1nn(C)c(C)c1C=CC(=O)Nc1nnc(Cc2ccc(F)cc2)s1. The molecule has 0 saturated carbocycles. The van der Waals surface area contributed by atoms with Crippen molar-refractivity contribution < 1.29 is 9.18 Å². The van der Waals surface area contributed by atoms with Crippen LogP contribution in [0.3, 0.4) is 0 Å². The van der Waals surface area contributed by atoms with Gasteiger partial charge in [-0.2, -0.15) is 5.10 Å². The average molecular weight is 371 g/mol. The van der Waals surface area contributed by atoms with Crippen LogP contribution in [0.4, 0.5) is 9.52 Å². The van der Waals surface area contributed by atoms with Crippen molar-refractivity contribution in [2.24, 2.45) is 7.05 Å². The highest BCUT2D eigenvalue weighted by molar-refractivity contribution is 7.15. The molecule has 0 bridgehead atoms. The summed E-state index contributed by atoms with van der Waals surface area (Å²) in [4.78, 5) is 12.1. The number of rotatable bonds is 5. The van der Waals surface area contributed by atoms with E-state index >= 15 is 0 Å². The Morgan fingerprint density at radius 1 is 1.27 bits per heavy atom. The van der Waals surface area contributed by atoms with E-state index in [1.165, 1.54) is 29.5 Å². The summed E-state index contributed by atoms with van der Waals surface area (Å²) in [5, 5.41) is 16.2. The number of aromatic nitrogens is 4. The zero-order valence-corrected chi connectivity index (χ0v) is 15.5. The lowest BCUT2D eigenvalue weighted by Gasteiger charge is -1.97. The van der Waals surface area contributed by atoms with E-state index in [2.05, 4.69) is 20.6 Å². The minimum atomic E-state index is -0.280. The Labute approximate surface area is 154 Å². The summed E-state index contributed by atoms with van der Waals surface area (Å²) in [5.41, 5.74) is 3.72. The third-order valence-corrected chi connectivity index (χ3v) is 4.77. The highest BCUT2D eigenvalue weighted by Gasteiger charge is 2.09. The largest absolute Gasteiger partial charge is 0.297 e. The minimum Gasteiger partial charge on any atom is -0.297 e. The Morgan fingerprint density at radius 3 is 2.65 bits per heavy atom. The first-order valence-corrected chi connectivity index (χ1v) is 8.80. The van der Waals surface area contributed by atoms with Crippen LogP contribution in [-0.4, -0.2) is 25.9 Å². The Hall–Kier alpha value is -2.87. The Bertz CT molecular complexity index is 959. The van der Waals surface area contributed by atoms with Crippen molar-refractivity contribution in [3.8, 4) is 0 Å². The van der Waals surface area contributed by atoms with E-state index in [-0.39, 0.29) is 11.7 Å². The molecule has 1 amide bonds. The highest BCUT2D eigenvalue weighted by Crippen LogP contribution is 2.19. The third kappa shape index (κ3) is 4.20. The van der Waals surface area contributed by atoms with Gasteiger partial charge in [0.25, 0.3) is 0 Å². The first kappa shape index (κ1) is 17.9. The molecule has 6 nitrogen and oxygen atoms in total. The molecule has 0 atom stereocenters. The van der Waals surface area contributed by atoms with Crippen molar-refractivity contribution in [3.63, 3.8) is 0 Å². The molecule has 0 fully saturated rings. The Morgan fingerprint density at radius 2 is 2.00 bits per heavy atom. The van der Waals surface area contributed by atoms with Crippen LogP contribution in [0.1, 0.15) is 27.5 Å². The van der Waals surface area contributed by atoms with Crippen molar-refractivity contribution in [2.75, 3.05) is 5.32 Å². The first-order chi connectivity index (χ1) is 12.4. The molecule has 0 aliphatic rings. The molecule has 1 aromatic carbocycles. The van der Waals surface area contributed by atoms with Gasteiger partial charge in [0.05, 0.1) is 5.69 Å². The third-order valence-electron chi connectivity index (χ3n) is 3.93.